The lowest BCUT2D eigenvalue weighted by Crippen LogP contribution is -2.12. The van der Waals surface area contributed by atoms with E-state index in [1.807, 2.05) is 12.1 Å². The zero-order valence-corrected chi connectivity index (χ0v) is 14.5. The standard InChI is InChI=1S/C18H19BrFNO2/c1-3-8-21-11-13-9-15(19)18(17(10-13)22-2)23-12-14-6-4-5-7-16(14)20/h3-7,9-10,21H,1,8,11-12H2,2H3. The number of hydrogen-bond donors (Lipinski definition) is 1. The Morgan fingerprint density at radius 2 is 2.09 bits per heavy atom. The van der Waals surface area contributed by atoms with Crippen molar-refractivity contribution < 1.29 is 13.9 Å². The topological polar surface area (TPSA) is 30.5 Å². The number of methoxy groups -OCH3 is 1. The van der Waals surface area contributed by atoms with Gasteiger partial charge in [0.05, 0.1) is 11.6 Å². The second-order valence-electron chi connectivity index (χ2n) is 4.91. The van der Waals surface area contributed by atoms with E-state index in [4.69, 9.17) is 9.47 Å². The van der Waals surface area contributed by atoms with Crippen molar-refractivity contribution in [2.45, 2.75) is 13.2 Å². The molecule has 2 rings (SSSR count). The molecular weight excluding hydrogens is 361 g/mol. The van der Waals surface area contributed by atoms with Crippen LogP contribution in [0, 0.1) is 5.82 Å². The van der Waals surface area contributed by atoms with Crippen molar-refractivity contribution in [2.24, 2.45) is 0 Å². The van der Waals surface area contributed by atoms with E-state index in [0.717, 1.165) is 16.6 Å². The van der Waals surface area contributed by atoms with Gasteiger partial charge in [-0.15, -0.1) is 6.58 Å². The molecule has 0 saturated heterocycles. The molecule has 5 heteroatoms. The lowest BCUT2D eigenvalue weighted by atomic mass is 10.2. The van der Waals surface area contributed by atoms with Gasteiger partial charge in [0.1, 0.15) is 12.4 Å². The zero-order chi connectivity index (χ0) is 16.7. The third kappa shape index (κ3) is 4.81. The lowest BCUT2D eigenvalue weighted by molar-refractivity contribution is 0.277. The molecule has 0 fully saturated rings. The van der Waals surface area contributed by atoms with E-state index >= 15 is 0 Å². The van der Waals surface area contributed by atoms with Crippen LogP contribution >= 0.6 is 15.9 Å². The SMILES string of the molecule is C=CCNCc1cc(Br)c(OCc2ccccc2F)c(OC)c1. The van der Waals surface area contributed by atoms with Crippen molar-refractivity contribution in [2.75, 3.05) is 13.7 Å². The molecule has 0 aliphatic carbocycles. The second-order valence-corrected chi connectivity index (χ2v) is 5.76. The van der Waals surface area contributed by atoms with E-state index in [9.17, 15) is 4.39 Å². The third-order valence-electron chi connectivity index (χ3n) is 3.24. The molecule has 23 heavy (non-hydrogen) atoms. The minimum atomic E-state index is -0.284. The predicted octanol–water partition coefficient (Wildman–Crippen LogP) is 4.45. The van der Waals surface area contributed by atoms with Crippen LogP contribution in [0.4, 0.5) is 4.39 Å². The molecule has 0 aliphatic rings. The summed E-state index contributed by atoms with van der Waals surface area (Å²) in [5.41, 5.74) is 1.55. The molecule has 0 aliphatic heterocycles. The maximum absolute atomic E-state index is 13.7. The first-order chi connectivity index (χ1) is 11.2. The van der Waals surface area contributed by atoms with E-state index < -0.39 is 0 Å². The first-order valence-electron chi connectivity index (χ1n) is 7.20. The van der Waals surface area contributed by atoms with Crippen LogP contribution in [0.3, 0.4) is 0 Å². The summed E-state index contributed by atoms with van der Waals surface area (Å²) in [5.74, 6) is 0.877. The molecule has 0 spiro atoms. The molecule has 0 amide bonds. The maximum atomic E-state index is 13.7. The average molecular weight is 380 g/mol. The summed E-state index contributed by atoms with van der Waals surface area (Å²) < 4.78 is 25.6. The van der Waals surface area contributed by atoms with Gasteiger partial charge in [-0.3, -0.25) is 0 Å². The fourth-order valence-corrected chi connectivity index (χ4v) is 2.70. The van der Waals surface area contributed by atoms with Crippen LogP contribution in [-0.2, 0) is 13.2 Å². The smallest absolute Gasteiger partial charge is 0.175 e. The summed E-state index contributed by atoms with van der Waals surface area (Å²) in [4.78, 5) is 0. The van der Waals surface area contributed by atoms with Gasteiger partial charge in [-0.2, -0.15) is 0 Å². The third-order valence-corrected chi connectivity index (χ3v) is 3.83. The van der Waals surface area contributed by atoms with Gasteiger partial charge >= 0.3 is 0 Å². The summed E-state index contributed by atoms with van der Waals surface area (Å²) in [5, 5.41) is 3.23. The van der Waals surface area contributed by atoms with E-state index in [1.54, 1.807) is 31.4 Å². The summed E-state index contributed by atoms with van der Waals surface area (Å²) >= 11 is 3.49. The first-order valence-corrected chi connectivity index (χ1v) is 7.99. The number of nitrogens with one attached hydrogen (secondary N) is 1. The molecule has 0 unspecified atom stereocenters. The van der Waals surface area contributed by atoms with E-state index in [-0.39, 0.29) is 12.4 Å². The van der Waals surface area contributed by atoms with E-state index in [2.05, 4.69) is 27.8 Å². The summed E-state index contributed by atoms with van der Waals surface area (Å²) in [6.45, 7) is 5.22. The maximum Gasteiger partial charge on any atom is 0.175 e. The van der Waals surface area contributed by atoms with Crippen LogP contribution in [0.15, 0.2) is 53.5 Å². The fourth-order valence-electron chi connectivity index (χ4n) is 2.10. The van der Waals surface area contributed by atoms with Crippen molar-refractivity contribution in [3.63, 3.8) is 0 Å². The Morgan fingerprint density at radius 1 is 1.30 bits per heavy atom. The number of benzene rings is 2. The largest absolute Gasteiger partial charge is 0.493 e. The molecule has 0 atom stereocenters. The quantitative estimate of drug-likeness (QED) is 0.542. The predicted molar refractivity (Wildman–Crippen MR) is 93.3 cm³/mol. The molecule has 122 valence electrons. The van der Waals surface area contributed by atoms with E-state index in [0.29, 0.717) is 23.6 Å². The van der Waals surface area contributed by atoms with Crippen LogP contribution in [0.5, 0.6) is 11.5 Å². The number of hydrogen-bond acceptors (Lipinski definition) is 3. The molecule has 2 aromatic carbocycles. The van der Waals surface area contributed by atoms with Crippen LogP contribution in [0.25, 0.3) is 0 Å². The van der Waals surface area contributed by atoms with Gasteiger partial charge in [0, 0.05) is 18.7 Å². The highest BCUT2D eigenvalue weighted by atomic mass is 79.9. The molecule has 0 heterocycles. The van der Waals surface area contributed by atoms with Crippen molar-refractivity contribution in [3.8, 4) is 11.5 Å². The highest BCUT2D eigenvalue weighted by molar-refractivity contribution is 9.10. The van der Waals surface area contributed by atoms with Crippen molar-refractivity contribution in [1.82, 2.24) is 5.32 Å². The van der Waals surface area contributed by atoms with Gasteiger partial charge in [0.2, 0.25) is 0 Å². The summed E-state index contributed by atoms with van der Waals surface area (Å²) in [6.07, 6.45) is 1.80. The van der Waals surface area contributed by atoms with Gasteiger partial charge < -0.3 is 14.8 Å². The first kappa shape index (κ1) is 17.5. The summed E-state index contributed by atoms with van der Waals surface area (Å²) in [7, 11) is 1.58. The van der Waals surface area contributed by atoms with Crippen LogP contribution in [0.2, 0.25) is 0 Å². The molecule has 0 aromatic heterocycles. The number of ether oxygens (including phenoxy) is 2. The van der Waals surface area contributed by atoms with Crippen molar-refractivity contribution >= 4 is 15.9 Å². The Hall–Kier alpha value is -1.85. The summed E-state index contributed by atoms with van der Waals surface area (Å²) in [6, 6.07) is 10.4. The molecule has 0 saturated carbocycles. The second kappa shape index (κ2) is 8.70. The molecule has 2 aromatic rings. The van der Waals surface area contributed by atoms with Crippen molar-refractivity contribution in [3.05, 3.63) is 70.5 Å². The van der Waals surface area contributed by atoms with Crippen LogP contribution in [-0.4, -0.2) is 13.7 Å². The van der Waals surface area contributed by atoms with Crippen LogP contribution in [0.1, 0.15) is 11.1 Å². The minimum Gasteiger partial charge on any atom is -0.493 e. The number of halogens is 2. The minimum absolute atomic E-state index is 0.135. The van der Waals surface area contributed by atoms with Crippen LogP contribution < -0.4 is 14.8 Å². The Balaban J connectivity index is 2.14. The van der Waals surface area contributed by atoms with Gasteiger partial charge in [0.15, 0.2) is 11.5 Å². The monoisotopic (exact) mass is 379 g/mol. The molecule has 3 nitrogen and oxygen atoms in total. The zero-order valence-electron chi connectivity index (χ0n) is 12.9. The lowest BCUT2D eigenvalue weighted by Gasteiger charge is -2.15. The van der Waals surface area contributed by atoms with Gasteiger partial charge in [-0.25, -0.2) is 4.39 Å². The Labute approximate surface area is 144 Å². The Kier molecular flexibility index (Phi) is 6.62. The normalized spacial score (nSPS) is 10.4. The molecule has 0 bridgehead atoms. The Bertz CT molecular complexity index is 676. The van der Waals surface area contributed by atoms with Gasteiger partial charge in [-0.05, 0) is 39.7 Å². The van der Waals surface area contributed by atoms with Gasteiger partial charge in [0.25, 0.3) is 0 Å². The van der Waals surface area contributed by atoms with E-state index in [1.165, 1.54) is 6.07 Å². The fraction of sp³-hybridized carbons (Fsp3) is 0.222. The van der Waals surface area contributed by atoms with Crippen molar-refractivity contribution in [1.29, 1.82) is 0 Å². The average Bonchev–Trinajstić information content (AvgIpc) is 2.55. The highest BCUT2D eigenvalue weighted by Gasteiger charge is 2.13. The number of rotatable bonds is 8. The Morgan fingerprint density at radius 3 is 2.78 bits per heavy atom. The van der Waals surface area contributed by atoms with Gasteiger partial charge in [-0.1, -0.05) is 24.3 Å². The molecule has 0 radical (unpaired) electrons. The molecular formula is C18H19BrFNO2. The highest BCUT2D eigenvalue weighted by Crippen LogP contribution is 2.37. The molecule has 1 N–H and O–H groups in total.